The van der Waals surface area contributed by atoms with Gasteiger partial charge in [0.15, 0.2) is 11.5 Å². The topological polar surface area (TPSA) is 82.1 Å². The molecular formula is C20H20FNO6S. The lowest BCUT2D eigenvalue weighted by Crippen LogP contribution is -2.41. The molecule has 1 fully saturated rings. The third kappa shape index (κ3) is 4.20. The van der Waals surface area contributed by atoms with Gasteiger partial charge in [-0.25, -0.2) is 12.8 Å². The molecule has 9 heteroatoms. The minimum absolute atomic E-state index is 0.127. The Morgan fingerprint density at radius 3 is 2.48 bits per heavy atom. The van der Waals surface area contributed by atoms with Crippen LogP contribution < -0.4 is 14.2 Å². The van der Waals surface area contributed by atoms with Gasteiger partial charge < -0.3 is 14.2 Å². The van der Waals surface area contributed by atoms with Crippen molar-refractivity contribution in [2.24, 2.45) is 5.92 Å². The van der Waals surface area contributed by atoms with Crippen LogP contribution in [0.1, 0.15) is 12.8 Å². The van der Waals surface area contributed by atoms with Gasteiger partial charge in [0.25, 0.3) is 0 Å². The highest BCUT2D eigenvalue weighted by molar-refractivity contribution is 7.89. The predicted molar refractivity (Wildman–Crippen MR) is 101 cm³/mol. The zero-order chi connectivity index (χ0) is 20.4. The predicted octanol–water partition coefficient (Wildman–Crippen LogP) is 2.60. The lowest BCUT2D eigenvalue weighted by molar-refractivity contribution is -0.140. The fourth-order valence-corrected chi connectivity index (χ4v) is 4.88. The Labute approximate surface area is 168 Å². The molecule has 154 valence electrons. The number of fused-ring (bicyclic) bond motifs is 1. The highest BCUT2D eigenvalue weighted by atomic mass is 32.2. The van der Waals surface area contributed by atoms with Crippen molar-refractivity contribution in [2.45, 2.75) is 17.7 Å². The molecule has 0 spiro atoms. The van der Waals surface area contributed by atoms with Crippen LogP contribution in [0.25, 0.3) is 0 Å². The molecule has 0 saturated carbocycles. The smallest absolute Gasteiger partial charge is 0.314 e. The lowest BCUT2D eigenvalue weighted by atomic mass is 9.98. The van der Waals surface area contributed by atoms with Gasteiger partial charge in [0.2, 0.25) is 10.0 Å². The van der Waals surface area contributed by atoms with Crippen LogP contribution in [-0.2, 0) is 14.8 Å². The molecule has 4 rings (SSSR count). The van der Waals surface area contributed by atoms with Crippen LogP contribution in [0.5, 0.6) is 17.2 Å². The Bertz CT molecular complexity index is 1020. The molecule has 1 saturated heterocycles. The van der Waals surface area contributed by atoms with Crippen LogP contribution in [0.3, 0.4) is 0 Å². The maximum atomic E-state index is 13.2. The van der Waals surface area contributed by atoms with Crippen molar-refractivity contribution < 1.29 is 31.8 Å². The SMILES string of the molecule is O=C(Oc1cccc(F)c1)C1CCN(S(=O)(=O)c2ccc3c(c2)OCCO3)CC1. The number of benzene rings is 2. The Balaban J connectivity index is 1.40. The van der Waals surface area contributed by atoms with Crippen molar-refractivity contribution >= 4 is 16.0 Å². The molecule has 0 aromatic heterocycles. The van der Waals surface area contributed by atoms with Crippen LogP contribution in [0.15, 0.2) is 47.4 Å². The second kappa shape index (κ2) is 8.00. The van der Waals surface area contributed by atoms with Gasteiger partial charge in [-0.1, -0.05) is 6.07 Å². The molecule has 0 radical (unpaired) electrons. The van der Waals surface area contributed by atoms with E-state index in [-0.39, 0.29) is 23.7 Å². The molecule has 0 atom stereocenters. The average molecular weight is 421 g/mol. The molecule has 2 aromatic carbocycles. The molecule has 0 unspecified atom stereocenters. The second-order valence-corrected chi connectivity index (χ2v) is 8.80. The first-order chi connectivity index (χ1) is 13.9. The molecule has 0 bridgehead atoms. The molecule has 2 aromatic rings. The number of ether oxygens (including phenoxy) is 3. The Hall–Kier alpha value is -2.65. The quantitative estimate of drug-likeness (QED) is 0.558. The van der Waals surface area contributed by atoms with E-state index in [1.165, 1.54) is 34.6 Å². The Morgan fingerprint density at radius 2 is 1.76 bits per heavy atom. The fourth-order valence-electron chi connectivity index (χ4n) is 3.40. The molecule has 2 heterocycles. The van der Waals surface area contributed by atoms with E-state index in [0.717, 1.165) is 6.07 Å². The van der Waals surface area contributed by atoms with Crippen molar-refractivity contribution in [3.8, 4) is 17.2 Å². The van der Waals surface area contributed by atoms with Gasteiger partial charge in [-0.15, -0.1) is 0 Å². The summed E-state index contributed by atoms with van der Waals surface area (Å²) in [4.78, 5) is 12.4. The zero-order valence-corrected chi connectivity index (χ0v) is 16.4. The van der Waals surface area contributed by atoms with Gasteiger partial charge in [0, 0.05) is 25.2 Å². The van der Waals surface area contributed by atoms with E-state index in [0.29, 0.717) is 37.6 Å². The van der Waals surface area contributed by atoms with Crippen LogP contribution >= 0.6 is 0 Å². The molecule has 0 amide bonds. The Morgan fingerprint density at radius 1 is 1.03 bits per heavy atom. The third-order valence-electron chi connectivity index (χ3n) is 4.95. The number of esters is 1. The summed E-state index contributed by atoms with van der Waals surface area (Å²) in [5.41, 5.74) is 0. The number of carbonyl (C=O) groups is 1. The number of rotatable bonds is 4. The first kappa shape index (κ1) is 19.7. The first-order valence-electron chi connectivity index (χ1n) is 9.30. The largest absolute Gasteiger partial charge is 0.486 e. The average Bonchev–Trinajstić information content (AvgIpc) is 2.73. The van der Waals surface area contributed by atoms with E-state index in [2.05, 4.69) is 0 Å². The Kier molecular flexibility index (Phi) is 5.42. The standard InChI is InChI=1S/C20H20FNO6S/c21-15-2-1-3-16(12-15)28-20(23)14-6-8-22(9-7-14)29(24,25)17-4-5-18-19(13-17)27-11-10-26-18/h1-5,12-14H,6-11H2. The summed E-state index contributed by atoms with van der Waals surface area (Å²) in [6.07, 6.45) is 0.663. The van der Waals surface area contributed by atoms with Gasteiger partial charge in [-0.05, 0) is 37.1 Å². The van der Waals surface area contributed by atoms with Gasteiger partial charge in [-0.2, -0.15) is 4.31 Å². The van der Waals surface area contributed by atoms with Crippen LogP contribution in [-0.4, -0.2) is 45.0 Å². The number of sulfonamides is 1. The number of halogens is 1. The van der Waals surface area contributed by atoms with Gasteiger partial charge in [-0.3, -0.25) is 4.79 Å². The summed E-state index contributed by atoms with van der Waals surface area (Å²) < 4.78 is 56.6. The van der Waals surface area contributed by atoms with Crippen LogP contribution in [0.4, 0.5) is 4.39 Å². The number of hydrogen-bond acceptors (Lipinski definition) is 6. The van der Waals surface area contributed by atoms with Crippen molar-refractivity contribution in [3.63, 3.8) is 0 Å². The number of piperidine rings is 1. The summed E-state index contributed by atoms with van der Waals surface area (Å²) in [5.74, 6) is -0.339. The molecule has 29 heavy (non-hydrogen) atoms. The monoisotopic (exact) mass is 421 g/mol. The van der Waals surface area contributed by atoms with E-state index < -0.39 is 27.7 Å². The summed E-state index contributed by atoms with van der Waals surface area (Å²) in [6.45, 7) is 1.19. The van der Waals surface area contributed by atoms with Crippen molar-refractivity contribution in [1.29, 1.82) is 0 Å². The van der Waals surface area contributed by atoms with Crippen molar-refractivity contribution in [1.82, 2.24) is 4.31 Å². The van der Waals surface area contributed by atoms with E-state index in [1.54, 1.807) is 6.07 Å². The maximum Gasteiger partial charge on any atom is 0.314 e. The summed E-state index contributed by atoms with van der Waals surface area (Å²) in [7, 11) is -3.71. The van der Waals surface area contributed by atoms with Crippen molar-refractivity contribution in [2.75, 3.05) is 26.3 Å². The normalized spacial score (nSPS) is 17.7. The lowest BCUT2D eigenvalue weighted by Gasteiger charge is -2.30. The third-order valence-corrected chi connectivity index (χ3v) is 6.85. The molecular weight excluding hydrogens is 401 g/mol. The van der Waals surface area contributed by atoms with Crippen LogP contribution in [0.2, 0.25) is 0 Å². The minimum Gasteiger partial charge on any atom is -0.486 e. The summed E-state index contributed by atoms with van der Waals surface area (Å²) in [5, 5.41) is 0. The molecule has 7 nitrogen and oxygen atoms in total. The second-order valence-electron chi connectivity index (χ2n) is 6.86. The highest BCUT2D eigenvalue weighted by Crippen LogP contribution is 2.34. The maximum absolute atomic E-state index is 13.2. The zero-order valence-electron chi connectivity index (χ0n) is 15.5. The van der Waals surface area contributed by atoms with E-state index >= 15 is 0 Å². The first-order valence-corrected chi connectivity index (χ1v) is 10.7. The summed E-state index contributed by atoms with van der Waals surface area (Å²) in [6, 6.07) is 9.91. The van der Waals surface area contributed by atoms with E-state index in [4.69, 9.17) is 14.2 Å². The van der Waals surface area contributed by atoms with Crippen molar-refractivity contribution in [3.05, 3.63) is 48.3 Å². The van der Waals surface area contributed by atoms with Gasteiger partial charge in [0.1, 0.15) is 24.8 Å². The minimum atomic E-state index is -3.71. The molecule has 2 aliphatic rings. The van der Waals surface area contributed by atoms with E-state index in [1.807, 2.05) is 0 Å². The van der Waals surface area contributed by atoms with Gasteiger partial charge in [0.05, 0.1) is 10.8 Å². The van der Waals surface area contributed by atoms with Gasteiger partial charge >= 0.3 is 5.97 Å². The molecule has 2 aliphatic heterocycles. The number of carbonyl (C=O) groups excluding carboxylic acids is 1. The fraction of sp³-hybridized carbons (Fsp3) is 0.350. The molecule has 0 aliphatic carbocycles. The van der Waals surface area contributed by atoms with Crippen LogP contribution in [0, 0.1) is 11.7 Å². The molecule has 0 N–H and O–H groups in total. The highest BCUT2D eigenvalue weighted by Gasteiger charge is 2.33. The van der Waals surface area contributed by atoms with E-state index in [9.17, 15) is 17.6 Å². The number of nitrogens with zero attached hydrogens (tertiary/aromatic N) is 1. The number of hydrogen-bond donors (Lipinski definition) is 0. The summed E-state index contributed by atoms with van der Waals surface area (Å²) >= 11 is 0.